The second-order valence-corrected chi connectivity index (χ2v) is 20.2. The Kier molecular flexibility index (Phi) is 59.9. The summed E-state index contributed by atoms with van der Waals surface area (Å²) in [6.45, 7) is 6.35. The van der Waals surface area contributed by atoms with Gasteiger partial charge in [-0.2, -0.15) is 0 Å². The van der Waals surface area contributed by atoms with Crippen molar-refractivity contribution in [3.63, 3.8) is 0 Å². The van der Waals surface area contributed by atoms with Gasteiger partial charge in [-0.05, 0) is 141 Å². The summed E-state index contributed by atoms with van der Waals surface area (Å²) in [4.78, 5) is 38.3. The molecule has 0 aliphatic rings. The molecule has 0 saturated carbocycles. The largest absolute Gasteiger partial charge is 0.462 e. The molecule has 6 heteroatoms. The number of hydrogen-bond acceptors (Lipinski definition) is 6. The van der Waals surface area contributed by atoms with E-state index in [9.17, 15) is 14.4 Å². The number of carbonyl (C=O) groups is 3. The third kappa shape index (κ3) is 62.0. The summed E-state index contributed by atoms with van der Waals surface area (Å²) in [6, 6.07) is 0. The van der Waals surface area contributed by atoms with Crippen LogP contribution in [0.2, 0.25) is 0 Å². The Labute approximate surface area is 474 Å². The summed E-state index contributed by atoms with van der Waals surface area (Å²) in [5.41, 5.74) is 0. The standard InChI is InChI=1S/C71H114O6/c1-4-7-10-13-16-19-22-25-28-30-31-32-33-34-35-36-37-38-39-41-43-46-49-52-55-58-61-64-70(73)76-67-68(66-75-69(72)63-60-57-54-51-48-45-42-27-24-21-18-15-12-9-6-3)77-71(74)65-62-59-56-53-50-47-44-40-29-26-23-20-17-14-11-8-5-2/h7,9-10,12,16-21,25-29,31-32,34-35,37-38,41-43,68H,4-6,8,11,13-15,22-24,30,33,36,39-40,44-67H2,1-3H3/b10-7-,12-9-,19-16-,20-17-,21-18-,28-25-,29-26-,32-31-,35-34-,38-37-,42-27-,43-41-. The van der Waals surface area contributed by atoms with E-state index in [1.165, 1.54) is 51.4 Å². The van der Waals surface area contributed by atoms with E-state index < -0.39 is 6.10 Å². The zero-order valence-electron chi connectivity index (χ0n) is 49.7. The first-order chi connectivity index (χ1) is 38.0. The maximum atomic E-state index is 12.9. The molecule has 0 aliphatic heterocycles. The Hall–Kier alpha value is -4.71. The molecule has 0 saturated heterocycles. The van der Waals surface area contributed by atoms with Gasteiger partial charge in [0.2, 0.25) is 0 Å². The smallest absolute Gasteiger partial charge is 0.306 e. The van der Waals surface area contributed by atoms with E-state index in [2.05, 4.69) is 167 Å². The van der Waals surface area contributed by atoms with Gasteiger partial charge in [0, 0.05) is 19.3 Å². The molecule has 1 unspecified atom stereocenters. The molecule has 0 aromatic carbocycles. The highest BCUT2D eigenvalue weighted by Gasteiger charge is 2.19. The van der Waals surface area contributed by atoms with E-state index >= 15 is 0 Å². The van der Waals surface area contributed by atoms with Crippen molar-refractivity contribution in [1.29, 1.82) is 0 Å². The molecule has 434 valence electrons. The predicted octanol–water partition coefficient (Wildman–Crippen LogP) is 21.5. The van der Waals surface area contributed by atoms with Gasteiger partial charge in [-0.15, -0.1) is 0 Å². The predicted molar refractivity (Wildman–Crippen MR) is 334 cm³/mol. The number of carbonyl (C=O) groups excluding carboxylic acids is 3. The van der Waals surface area contributed by atoms with Crippen molar-refractivity contribution in [2.75, 3.05) is 13.2 Å². The molecule has 0 fully saturated rings. The molecule has 6 nitrogen and oxygen atoms in total. The lowest BCUT2D eigenvalue weighted by Gasteiger charge is -2.18. The molecule has 0 N–H and O–H groups in total. The van der Waals surface area contributed by atoms with E-state index in [1.807, 2.05) is 0 Å². The molecule has 0 heterocycles. The minimum absolute atomic E-state index is 0.102. The van der Waals surface area contributed by atoms with Gasteiger partial charge in [0.15, 0.2) is 6.10 Å². The zero-order valence-corrected chi connectivity index (χ0v) is 49.7. The summed E-state index contributed by atoms with van der Waals surface area (Å²) in [5, 5.41) is 0. The second kappa shape index (κ2) is 63.8. The van der Waals surface area contributed by atoms with Gasteiger partial charge < -0.3 is 14.2 Å². The van der Waals surface area contributed by atoms with E-state index in [-0.39, 0.29) is 31.1 Å². The maximum Gasteiger partial charge on any atom is 0.306 e. The maximum absolute atomic E-state index is 12.9. The molecular formula is C71H114O6. The van der Waals surface area contributed by atoms with Crippen molar-refractivity contribution in [3.8, 4) is 0 Å². The molecule has 0 amide bonds. The minimum Gasteiger partial charge on any atom is -0.462 e. The Morgan fingerprint density at radius 1 is 0.273 bits per heavy atom. The first kappa shape index (κ1) is 72.3. The molecule has 77 heavy (non-hydrogen) atoms. The normalized spacial score (nSPS) is 13.1. The first-order valence-corrected chi connectivity index (χ1v) is 31.3. The molecule has 0 bridgehead atoms. The van der Waals surface area contributed by atoms with Gasteiger partial charge in [0.1, 0.15) is 13.2 Å². The van der Waals surface area contributed by atoms with Gasteiger partial charge in [-0.3, -0.25) is 14.4 Å². The molecule has 0 rings (SSSR count). The van der Waals surface area contributed by atoms with E-state index in [1.54, 1.807) is 0 Å². The van der Waals surface area contributed by atoms with Crippen molar-refractivity contribution in [1.82, 2.24) is 0 Å². The number of ether oxygens (including phenoxy) is 3. The summed E-state index contributed by atoms with van der Waals surface area (Å²) in [6.07, 6.45) is 91.3. The SMILES string of the molecule is CC/C=C\C/C=C\C/C=C\C/C=C\C/C=C\C/C=C\C/C=C\CCCCCCCC(=O)OCC(COC(=O)CCCCCCC/C=C\C/C=C\C/C=C\CC)OC(=O)CCCCCCCCC/C=C\C/C=C\CCCCC. The quantitative estimate of drug-likeness (QED) is 0.0261. The van der Waals surface area contributed by atoms with Crippen molar-refractivity contribution in [2.45, 2.75) is 271 Å². The molecular weight excluding hydrogens is 949 g/mol. The van der Waals surface area contributed by atoms with Crippen LogP contribution in [0.1, 0.15) is 265 Å². The van der Waals surface area contributed by atoms with Crippen LogP contribution in [0.15, 0.2) is 146 Å². The molecule has 0 aliphatic carbocycles. The number of allylic oxidation sites excluding steroid dienone is 24. The van der Waals surface area contributed by atoms with Crippen LogP contribution in [0.25, 0.3) is 0 Å². The third-order valence-corrected chi connectivity index (χ3v) is 12.8. The molecule has 0 radical (unpaired) electrons. The number of unbranched alkanes of at least 4 members (excludes halogenated alkanes) is 20. The minimum atomic E-state index is -0.805. The summed E-state index contributed by atoms with van der Waals surface area (Å²) in [5.74, 6) is -0.946. The summed E-state index contributed by atoms with van der Waals surface area (Å²) >= 11 is 0. The van der Waals surface area contributed by atoms with Crippen LogP contribution in [0.4, 0.5) is 0 Å². The molecule has 0 aromatic rings. The molecule has 1 atom stereocenters. The average Bonchev–Trinajstić information content (AvgIpc) is 3.43. The zero-order chi connectivity index (χ0) is 55.7. The van der Waals surface area contributed by atoms with Crippen LogP contribution in [-0.4, -0.2) is 37.2 Å². The monoisotopic (exact) mass is 1060 g/mol. The van der Waals surface area contributed by atoms with Gasteiger partial charge in [0.25, 0.3) is 0 Å². The Balaban J connectivity index is 4.44. The highest BCUT2D eigenvalue weighted by Crippen LogP contribution is 2.14. The van der Waals surface area contributed by atoms with Crippen LogP contribution in [0.5, 0.6) is 0 Å². The Bertz CT molecular complexity index is 1700. The van der Waals surface area contributed by atoms with Crippen LogP contribution in [0, 0.1) is 0 Å². The number of hydrogen-bond donors (Lipinski definition) is 0. The third-order valence-electron chi connectivity index (χ3n) is 12.8. The van der Waals surface area contributed by atoms with Crippen molar-refractivity contribution in [2.24, 2.45) is 0 Å². The van der Waals surface area contributed by atoms with Crippen LogP contribution in [0.3, 0.4) is 0 Å². The van der Waals surface area contributed by atoms with E-state index in [0.717, 1.165) is 173 Å². The fraction of sp³-hybridized carbons (Fsp3) is 0.620. The van der Waals surface area contributed by atoms with Gasteiger partial charge in [0.05, 0.1) is 0 Å². The van der Waals surface area contributed by atoms with Crippen molar-refractivity contribution >= 4 is 17.9 Å². The van der Waals surface area contributed by atoms with E-state index in [4.69, 9.17) is 14.2 Å². The Morgan fingerprint density at radius 2 is 0.506 bits per heavy atom. The first-order valence-electron chi connectivity index (χ1n) is 31.3. The van der Waals surface area contributed by atoms with Crippen LogP contribution < -0.4 is 0 Å². The number of rotatable bonds is 55. The molecule has 0 aromatic heterocycles. The summed E-state index contributed by atoms with van der Waals surface area (Å²) in [7, 11) is 0. The fourth-order valence-corrected chi connectivity index (χ4v) is 8.17. The highest BCUT2D eigenvalue weighted by molar-refractivity contribution is 5.71. The van der Waals surface area contributed by atoms with Gasteiger partial charge in [-0.1, -0.05) is 250 Å². The van der Waals surface area contributed by atoms with Gasteiger partial charge >= 0.3 is 17.9 Å². The average molecular weight is 1060 g/mol. The number of esters is 3. The molecule has 0 spiro atoms. The van der Waals surface area contributed by atoms with Gasteiger partial charge in [-0.25, -0.2) is 0 Å². The topological polar surface area (TPSA) is 78.9 Å². The fourth-order valence-electron chi connectivity index (χ4n) is 8.17. The highest BCUT2D eigenvalue weighted by atomic mass is 16.6. The second-order valence-electron chi connectivity index (χ2n) is 20.2. The van der Waals surface area contributed by atoms with Crippen LogP contribution in [-0.2, 0) is 28.6 Å². The lowest BCUT2D eigenvalue weighted by Crippen LogP contribution is -2.30. The van der Waals surface area contributed by atoms with Crippen LogP contribution >= 0.6 is 0 Å². The lowest BCUT2D eigenvalue weighted by atomic mass is 10.1. The van der Waals surface area contributed by atoms with Crippen molar-refractivity contribution < 1.29 is 28.6 Å². The lowest BCUT2D eigenvalue weighted by molar-refractivity contribution is -0.167. The van der Waals surface area contributed by atoms with E-state index in [0.29, 0.717) is 19.3 Å². The Morgan fingerprint density at radius 3 is 0.792 bits per heavy atom. The summed E-state index contributed by atoms with van der Waals surface area (Å²) < 4.78 is 16.9. The van der Waals surface area contributed by atoms with Crippen molar-refractivity contribution in [3.05, 3.63) is 146 Å².